The van der Waals surface area contributed by atoms with Crippen molar-refractivity contribution in [2.75, 3.05) is 26.4 Å². The third kappa shape index (κ3) is 28.0. The normalized spacial score (nSPS) is 29.5. The van der Waals surface area contributed by atoms with E-state index < -0.39 is 243 Å². The monoisotopic (exact) mass is 1360 g/mol. The van der Waals surface area contributed by atoms with Crippen molar-refractivity contribution in [1.82, 2.24) is 0 Å². The maximum Gasteiger partial charge on any atom is 0.397 e. The highest BCUT2D eigenvalue weighted by molar-refractivity contribution is 7.82. The lowest BCUT2D eigenvalue weighted by Crippen LogP contribution is -2.65. The molecule has 6 unspecified atom stereocenters. The fourth-order valence-corrected chi connectivity index (χ4v) is 10.7. The molecule has 0 aromatic carbocycles. The van der Waals surface area contributed by atoms with Crippen LogP contribution in [0.1, 0.15) is 0 Å². The van der Waals surface area contributed by atoms with E-state index in [1.54, 1.807) is 0 Å². The van der Waals surface area contributed by atoms with E-state index in [4.69, 9.17) is 18.9 Å². The van der Waals surface area contributed by atoms with E-state index in [1.165, 1.54) is 0 Å². The van der Waals surface area contributed by atoms with E-state index in [-0.39, 0.29) is 0 Å². The first-order chi connectivity index (χ1) is 34.3. The van der Waals surface area contributed by atoms with Crippen LogP contribution < -0.4 is 0 Å². The Labute approximate surface area is 439 Å². The van der Waals surface area contributed by atoms with Crippen LogP contribution in [0.5, 0.6) is 0 Å². The maximum absolute atomic E-state index is 12.4. The molecule has 0 saturated carbocycles. The van der Waals surface area contributed by atoms with Gasteiger partial charge in [-0.15, -0.1) is 0 Å². The summed E-state index contributed by atoms with van der Waals surface area (Å²) in [7, 11) is -38.1. The minimum atomic E-state index is -6.59. The van der Waals surface area contributed by atoms with Crippen LogP contribution in [-0.2, 0) is 200 Å². The highest BCUT2D eigenvalue weighted by Gasteiger charge is 2.57. The van der Waals surface area contributed by atoms with Crippen LogP contribution in [0.25, 0.3) is 0 Å². The molecule has 0 aromatic rings. The zero-order valence-corrected chi connectivity index (χ0v) is 44.6. The Bertz CT molecular complexity index is 2760. The molecule has 2 heterocycles. The minimum Gasteiger partial charge on any atom is -0.750 e. The van der Waals surface area contributed by atoms with Crippen LogP contribution >= 0.6 is 0 Å². The van der Waals surface area contributed by atoms with E-state index in [9.17, 15) is 130 Å². The van der Waals surface area contributed by atoms with Gasteiger partial charge in [0.25, 0.3) is 0 Å². The largest absolute Gasteiger partial charge is 0.750 e. The molecule has 2 fully saturated rings. The number of hydrogen-bond acceptors (Lipinski definition) is 40. The molecule has 2 saturated heterocycles. The van der Waals surface area contributed by atoms with Gasteiger partial charge in [-0.1, -0.05) is 0 Å². The fourth-order valence-electron chi connectivity index (χ4n) is 5.82. The molecule has 2 aliphatic rings. The first-order valence-corrected chi connectivity index (χ1v) is 31.5. The highest BCUT2D eigenvalue weighted by atomic mass is 32.3. The summed E-state index contributed by atoms with van der Waals surface area (Å²) in [4.78, 5) is 0. The molecule has 0 amide bonds. The number of ether oxygens (including phenoxy) is 4. The molecule has 58 heteroatoms. The van der Waals surface area contributed by atoms with Gasteiger partial charge >= 0.3 is 62.4 Å². The second-order valence-electron chi connectivity index (χ2n) is 12.9. The summed E-state index contributed by atoms with van der Waals surface area (Å²) in [5, 5.41) is 0. The summed E-state index contributed by atoms with van der Waals surface area (Å²) in [6.45, 7) is -8.11. The van der Waals surface area contributed by atoms with Crippen LogP contribution in [-0.4, -0.2) is 243 Å². The van der Waals surface area contributed by atoms with Gasteiger partial charge in [-0.25, -0.2) is 50.4 Å². The Morgan fingerprint density at radius 1 is 0.421 bits per heavy atom. The molecule has 454 valence electrons. The van der Waals surface area contributed by atoms with Crippen LogP contribution in [0.15, 0.2) is 0 Å². The average Bonchev–Trinajstić information content (AvgIpc) is 3.18. The van der Waals surface area contributed by atoms with Crippen molar-refractivity contribution in [3.63, 3.8) is 0 Å². The topological polar surface area (TPSA) is 715 Å². The molecule has 2 aliphatic heterocycles. The smallest absolute Gasteiger partial charge is 0.397 e. The van der Waals surface area contributed by atoms with Gasteiger partial charge in [0, 0.05) is 0 Å². The van der Waals surface area contributed by atoms with Crippen molar-refractivity contribution in [3.8, 4) is 0 Å². The lowest BCUT2D eigenvalue weighted by Gasteiger charge is -2.46. The Hall–Kier alpha value is -0.520. The number of hydrogen-bond donors (Lipinski definition) is 6. The van der Waals surface area contributed by atoms with E-state index in [0.29, 0.717) is 0 Å². The van der Waals surface area contributed by atoms with Crippen molar-refractivity contribution >= 4 is 131 Å². The summed E-state index contributed by atoms with van der Waals surface area (Å²) in [6, 6.07) is 0. The molecule has 0 radical (unpaired) electrons. The van der Waals surface area contributed by atoms with Crippen LogP contribution in [0.2, 0.25) is 0 Å². The molecule has 0 bridgehead atoms. The van der Waals surface area contributed by atoms with Gasteiger partial charge < -0.3 is 46.3 Å². The second kappa shape index (κ2) is 30.2. The Morgan fingerprint density at radius 2 is 0.842 bits per heavy atom. The molecular weight excluding hydrogens is 1340 g/mol. The third-order valence-corrected chi connectivity index (χ3v) is 12.9. The predicted octanol–water partition coefficient (Wildman–Crippen LogP) is -10.1. The maximum atomic E-state index is 12.4. The van der Waals surface area contributed by atoms with E-state index in [0.717, 1.165) is 0 Å². The summed E-state index contributed by atoms with van der Waals surface area (Å²) in [5.41, 5.74) is 0. The summed E-state index contributed by atoms with van der Waals surface area (Å²) < 4.78 is 413. The van der Waals surface area contributed by atoms with Gasteiger partial charge in [0.05, 0.1) is 94.6 Å². The quantitative estimate of drug-likeness (QED) is 0.0253. The average molecular weight is 1370 g/mol. The summed E-state index contributed by atoms with van der Waals surface area (Å²) >= 11 is -23.9. The van der Waals surface area contributed by atoms with Gasteiger partial charge in [0.1, 0.15) is 61.0 Å². The van der Waals surface area contributed by atoms with Crippen molar-refractivity contribution in [2.45, 2.75) is 85.8 Å². The van der Waals surface area contributed by atoms with Gasteiger partial charge in [-0.3, -0.25) is 52.4 Å². The summed E-state index contributed by atoms with van der Waals surface area (Å²) in [6.07, 6.45) is -45.9. The number of rotatable bonds is 35. The van der Waals surface area contributed by atoms with Crippen molar-refractivity contribution in [2.24, 2.45) is 0 Å². The second-order valence-corrected chi connectivity index (χ2v) is 22.9. The molecule has 0 aliphatic carbocycles. The van der Waals surface area contributed by atoms with Crippen molar-refractivity contribution < 1.29 is 200 Å². The molecule has 6 N–H and O–H groups in total. The van der Waals surface area contributed by atoms with Gasteiger partial charge in [0.15, 0.2) is 24.8 Å². The fraction of sp³-hybridized carbons (Fsp3) is 1.00. The lowest BCUT2D eigenvalue weighted by molar-refractivity contribution is -0.319. The molecule has 2 rings (SSSR count). The standard InChI is InChI=1S/C18H34O46S12/c19-65(20)50-2-5-10(57-68(25)26)13(58-69(27)28)15(59-70(29)30)17(53-5)49-1-7(56-67(23)24)9(12(62-74(40,41)42)8(60-72(34,35)36)4-52-71(31,32)33)55-18-16(64-76(46,47)48)14(63-75(43,44)45)11(61-73(37,38)39)6(54-18)3-51-66(21)22/h5-18H,1-4H2,(H,19,20)(H,21,22)(H,23,24)(H,25,26)(H,27,28)(H,29,30)(H,31,32,33)(H,34,35,36)(H,37,38,39)(H,40,41,42)(H,43,44,45)(H,46,47,48)/p-6/t5-,6-,7+,8-,9-,10-,11-,12-,13+,14+,15-,16-,17-,18+/m1/s1. The molecule has 0 aromatic heterocycles. The molecule has 46 nitrogen and oxygen atoms in total. The predicted molar refractivity (Wildman–Crippen MR) is 213 cm³/mol. The van der Waals surface area contributed by atoms with E-state index >= 15 is 0 Å². The summed E-state index contributed by atoms with van der Waals surface area (Å²) in [5.74, 6) is 0. The first-order valence-electron chi connectivity index (χ1n) is 17.3. The molecule has 0 spiro atoms. The lowest BCUT2D eigenvalue weighted by atomic mass is 9.98. The molecule has 20 atom stereocenters. The third-order valence-electron chi connectivity index (χ3n) is 7.94. The molecule has 76 heavy (non-hydrogen) atoms. The first kappa shape index (κ1) is 71.6. The van der Waals surface area contributed by atoms with Crippen LogP contribution in [0, 0.1) is 0 Å². The Morgan fingerprint density at radius 3 is 1.26 bits per heavy atom. The van der Waals surface area contributed by atoms with Crippen molar-refractivity contribution in [3.05, 3.63) is 0 Å². The highest BCUT2D eigenvalue weighted by Crippen LogP contribution is 2.36. The SMILES string of the molecule is O=S([O-])OC[C@H]1O[C@@H](OC[C@H](OS(=O)[O-])[C@@H](O[C@@H]2O[C@H](COS(=O)[O-])[C@@H](OS(=O)(=O)O)[C@H](OS(=O)(=O)O)[C@H]2OS(=O)(=O)O)[C@H](OS(=O)(=O)O)[C@@H](COS(=O)(=O)O)OS(=O)(=O)O)[C@H](OS(=O)[O-])[C@@H](OS(=O)[O-])[C@@H]1OS(=O)[O-]. The molecular formula is C18H28O46S12-6. The van der Waals surface area contributed by atoms with Crippen molar-refractivity contribution in [1.29, 1.82) is 0 Å². The van der Waals surface area contributed by atoms with Gasteiger partial charge in [-0.05, 0) is 0 Å². The Kier molecular flexibility index (Phi) is 28.4. The van der Waals surface area contributed by atoms with E-state index in [2.05, 4.69) is 50.2 Å². The Balaban J connectivity index is 3.26. The minimum absolute atomic E-state index is 1.58. The zero-order chi connectivity index (χ0) is 58.7. The van der Waals surface area contributed by atoms with Gasteiger partial charge in [-0.2, -0.15) is 50.5 Å². The van der Waals surface area contributed by atoms with E-state index in [1.807, 2.05) is 0 Å². The van der Waals surface area contributed by atoms with Gasteiger partial charge in [0.2, 0.25) is 0 Å². The zero-order valence-electron chi connectivity index (χ0n) is 34.8. The van der Waals surface area contributed by atoms with Crippen LogP contribution in [0.4, 0.5) is 0 Å². The van der Waals surface area contributed by atoms with Crippen LogP contribution in [0.3, 0.4) is 0 Å².